The number of nitrogens with one attached hydrogen (secondary N) is 1. The van der Waals surface area contributed by atoms with Gasteiger partial charge in [0.2, 0.25) is 0 Å². The van der Waals surface area contributed by atoms with Crippen LogP contribution in [0.2, 0.25) is 0 Å². The molecule has 4 nitrogen and oxygen atoms in total. The van der Waals surface area contributed by atoms with Crippen molar-refractivity contribution in [3.63, 3.8) is 0 Å². The molecular formula is C13H18ClN3O. The fraction of sp³-hybridized carbons (Fsp3) is 0.462. The van der Waals surface area contributed by atoms with Crippen LogP contribution in [0.1, 0.15) is 12.1 Å². The Morgan fingerprint density at radius 2 is 2.39 bits per heavy atom. The highest BCUT2D eigenvalue weighted by Crippen LogP contribution is 2.05. The van der Waals surface area contributed by atoms with Crippen LogP contribution in [0.4, 0.5) is 0 Å². The monoisotopic (exact) mass is 267 g/mol. The number of ether oxygens (including phenoxy) is 1. The molecule has 0 spiro atoms. The zero-order valence-corrected chi connectivity index (χ0v) is 11.2. The van der Waals surface area contributed by atoms with Gasteiger partial charge in [0, 0.05) is 26.0 Å². The molecule has 0 bridgehead atoms. The van der Waals surface area contributed by atoms with Crippen molar-refractivity contribution in [1.82, 2.24) is 14.7 Å². The van der Waals surface area contributed by atoms with Crippen molar-refractivity contribution in [2.45, 2.75) is 18.3 Å². The smallest absolute Gasteiger partial charge is 0.137 e. The predicted octanol–water partition coefficient (Wildman–Crippen LogP) is 2.07. The van der Waals surface area contributed by atoms with E-state index in [4.69, 9.17) is 16.3 Å². The number of hydrogen-bond acceptors (Lipinski definition) is 3. The lowest BCUT2D eigenvalue weighted by Gasteiger charge is -2.08. The topological polar surface area (TPSA) is 38.6 Å². The second kappa shape index (κ2) is 6.73. The van der Waals surface area contributed by atoms with Gasteiger partial charge in [0.15, 0.2) is 0 Å². The van der Waals surface area contributed by atoms with E-state index in [1.54, 1.807) is 7.11 Å². The largest absolute Gasteiger partial charge is 0.383 e. The van der Waals surface area contributed by atoms with Crippen LogP contribution in [0.15, 0.2) is 30.6 Å². The van der Waals surface area contributed by atoms with Crippen molar-refractivity contribution < 1.29 is 4.74 Å². The first-order valence-corrected chi connectivity index (χ1v) is 6.49. The summed E-state index contributed by atoms with van der Waals surface area (Å²) in [6.07, 6.45) is 4.93. The Balaban J connectivity index is 1.76. The highest BCUT2D eigenvalue weighted by atomic mass is 35.5. The molecule has 18 heavy (non-hydrogen) atoms. The molecule has 0 amide bonds. The molecule has 2 heterocycles. The average Bonchev–Trinajstić information content (AvgIpc) is 2.77. The molecule has 0 aliphatic heterocycles. The minimum absolute atomic E-state index is 0.0727. The number of rotatable bonds is 7. The molecule has 2 aromatic heterocycles. The van der Waals surface area contributed by atoms with E-state index in [0.717, 1.165) is 30.9 Å². The Morgan fingerprint density at radius 1 is 1.50 bits per heavy atom. The first kappa shape index (κ1) is 13.3. The maximum Gasteiger partial charge on any atom is 0.137 e. The number of methoxy groups -OCH3 is 1. The maximum absolute atomic E-state index is 6.04. The standard InChI is InChI=1S/C13H18ClN3O/c1-18-10-11(14)5-6-15-8-12-9-17-7-3-2-4-13(17)16-12/h2-4,7,9,11,15H,5-6,8,10H2,1H3. The summed E-state index contributed by atoms with van der Waals surface area (Å²) in [4.78, 5) is 4.51. The van der Waals surface area contributed by atoms with E-state index in [1.165, 1.54) is 0 Å². The molecule has 0 saturated carbocycles. The highest BCUT2D eigenvalue weighted by molar-refractivity contribution is 6.20. The Hall–Kier alpha value is -1.10. The van der Waals surface area contributed by atoms with Gasteiger partial charge in [-0.05, 0) is 25.1 Å². The number of imidazole rings is 1. The van der Waals surface area contributed by atoms with Crippen molar-refractivity contribution in [1.29, 1.82) is 0 Å². The van der Waals surface area contributed by atoms with Crippen LogP contribution in [-0.2, 0) is 11.3 Å². The molecule has 2 rings (SSSR count). The lowest BCUT2D eigenvalue weighted by Crippen LogP contribution is -2.20. The van der Waals surface area contributed by atoms with E-state index in [1.807, 2.05) is 35.0 Å². The normalized spacial score (nSPS) is 13.0. The fourth-order valence-electron chi connectivity index (χ4n) is 1.81. The van der Waals surface area contributed by atoms with E-state index >= 15 is 0 Å². The number of fused-ring (bicyclic) bond motifs is 1. The van der Waals surface area contributed by atoms with Crippen molar-refractivity contribution in [2.24, 2.45) is 0 Å². The Labute approximate surface area is 112 Å². The summed E-state index contributed by atoms with van der Waals surface area (Å²) in [5.41, 5.74) is 2.02. The van der Waals surface area contributed by atoms with Gasteiger partial charge in [-0.2, -0.15) is 0 Å². The van der Waals surface area contributed by atoms with Crippen molar-refractivity contribution in [3.8, 4) is 0 Å². The van der Waals surface area contributed by atoms with Crippen LogP contribution in [0.25, 0.3) is 5.65 Å². The number of alkyl halides is 1. The van der Waals surface area contributed by atoms with E-state index in [2.05, 4.69) is 10.3 Å². The highest BCUT2D eigenvalue weighted by Gasteiger charge is 2.04. The Morgan fingerprint density at radius 3 is 3.17 bits per heavy atom. The third-order valence-corrected chi connectivity index (χ3v) is 3.05. The van der Waals surface area contributed by atoms with Gasteiger partial charge in [-0.1, -0.05) is 6.07 Å². The zero-order valence-electron chi connectivity index (χ0n) is 10.5. The fourth-order valence-corrected chi connectivity index (χ4v) is 2.05. The molecule has 1 atom stereocenters. The van der Waals surface area contributed by atoms with Crippen LogP contribution in [0.3, 0.4) is 0 Å². The summed E-state index contributed by atoms with van der Waals surface area (Å²) in [5, 5.41) is 3.41. The second-order valence-electron chi connectivity index (χ2n) is 4.22. The number of hydrogen-bond donors (Lipinski definition) is 1. The summed E-state index contributed by atoms with van der Waals surface area (Å²) >= 11 is 6.04. The van der Waals surface area contributed by atoms with Gasteiger partial charge in [-0.25, -0.2) is 4.98 Å². The molecule has 0 aromatic carbocycles. The molecule has 0 saturated heterocycles. The van der Waals surface area contributed by atoms with Gasteiger partial charge in [-0.3, -0.25) is 0 Å². The molecular weight excluding hydrogens is 250 g/mol. The number of pyridine rings is 1. The quantitative estimate of drug-likeness (QED) is 0.617. The Bertz CT molecular complexity index is 453. The Kier molecular flexibility index (Phi) is 4.99. The summed E-state index contributed by atoms with van der Waals surface area (Å²) in [5.74, 6) is 0. The van der Waals surface area contributed by atoms with Crippen molar-refractivity contribution in [2.75, 3.05) is 20.3 Å². The third kappa shape index (κ3) is 3.70. The van der Waals surface area contributed by atoms with Gasteiger partial charge < -0.3 is 14.5 Å². The lowest BCUT2D eigenvalue weighted by atomic mass is 10.3. The van der Waals surface area contributed by atoms with Crippen LogP contribution >= 0.6 is 11.6 Å². The molecule has 2 aromatic rings. The maximum atomic E-state index is 6.04. The molecule has 1 N–H and O–H groups in total. The van der Waals surface area contributed by atoms with Crippen LogP contribution in [0.5, 0.6) is 0 Å². The van der Waals surface area contributed by atoms with Gasteiger partial charge in [0.1, 0.15) is 5.65 Å². The molecule has 0 aliphatic carbocycles. The van der Waals surface area contributed by atoms with E-state index in [9.17, 15) is 0 Å². The molecule has 0 radical (unpaired) electrons. The minimum atomic E-state index is 0.0727. The second-order valence-corrected chi connectivity index (χ2v) is 4.83. The third-order valence-electron chi connectivity index (χ3n) is 2.70. The number of aromatic nitrogens is 2. The van der Waals surface area contributed by atoms with Gasteiger partial charge in [-0.15, -0.1) is 11.6 Å². The molecule has 1 unspecified atom stereocenters. The van der Waals surface area contributed by atoms with E-state index in [0.29, 0.717) is 6.61 Å². The zero-order chi connectivity index (χ0) is 12.8. The number of halogens is 1. The van der Waals surface area contributed by atoms with Crippen LogP contribution in [0, 0.1) is 0 Å². The van der Waals surface area contributed by atoms with Crippen molar-refractivity contribution in [3.05, 3.63) is 36.3 Å². The first-order valence-electron chi connectivity index (χ1n) is 6.06. The number of nitrogens with zero attached hydrogens (tertiary/aromatic N) is 2. The van der Waals surface area contributed by atoms with Crippen LogP contribution in [-0.4, -0.2) is 35.0 Å². The summed E-state index contributed by atoms with van der Waals surface area (Å²) in [6.45, 7) is 2.22. The molecule has 0 fully saturated rings. The van der Waals surface area contributed by atoms with Crippen LogP contribution < -0.4 is 5.32 Å². The molecule has 98 valence electrons. The van der Waals surface area contributed by atoms with E-state index in [-0.39, 0.29) is 5.38 Å². The molecule has 5 heteroatoms. The van der Waals surface area contributed by atoms with Gasteiger partial charge in [0.25, 0.3) is 0 Å². The molecule has 0 aliphatic rings. The summed E-state index contributed by atoms with van der Waals surface area (Å²) in [6, 6.07) is 5.98. The van der Waals surface area contributed by atoms with Crippen molar-refractivity contribution >= 4 is 17.2 Å². The average molecular weight is 268 g/mol. The lowest BCUT2D eigenvalue weighted by molar-refractivity contribution is 0.195. The minimum Gasteiger partial charge on any atom is -0.383 e. The predicted molar refractivity (Wildman–Crippen MR) is 73.0 cm³/mol. The van der Waals surface area contributed by atoms with Gasteiger partial charge >= 0.3 is 0 Å². The summed E-state index contributed by atoms with van der Waals surface area (Å²) in [7, 11) is 1.67. The first-order chi connectivity index (χ1) is 8.79. The SMILES string of the molecule is COCC(Cl)CCNCc1cn2ccccc2n1. The van der Waals surface area contributed by atoms with E-state index < -0.39 is 0 Å². The summed E-state index contributed by atoms with van der Waals surface area (Å²) < 4.78 is 7.00. The van der Waals surface area contributed by atoms with Gasteiger partial charge in [0.05, 0.1) is 17.7 Å².